The molecule has 0 aromatic heterocycles. The second kappa shape index (κ2) is 9.73. The summed E-state index contributed by atoms with van der Waals surface area (Å²) in [6.07, 6.45) is -5.04. The Bertz CT molecular complexity index is 704. The van der Waals surface area contributed by atoms with Crippen LogP contribution in [0.4, 0.5) is 13.2 Å². The van der Waals surface area contributed by atoms with Crippen molar-refractivity contribution in [1.82, 2.24) is 4.90 Å². The molecule has 1 atom stereocenters. The van der Waals surface area contributed by atoms with Crippen molar-refractivity contribution >= 4 is 0 Å². The number of benzene rings is 2. The van der Waals surface area contributed by atoms with E-state index in [0.717, 1.165) is 29.0 Å². The summed E-state index contributed by atoms with van der Waals surface area (Å²) < 4.78 is 48.5. The Morgan fingerprint density at radius 2 is 1.74 bits per heavy atom. The molecule has 0 saturated heterocycles. The van der Waals surface area contributed by atoms with Gasteiger partial charge in [0.1, 0.15) is 5.75 Å². The Kier molecular flexibility index (Phi) is 7.65. The van der Waals surface area contributed by atoms with Gasteiger partial charge in [0, 0.05) is 18.7 Å². The molecular weight excluding hydrogens is 359 g/mol. The fourth-order valence-corrected chi connectivity index (χ4v) is 2.71. The lowest BCUT2D eigenvalue weighted by Gasteiger charge is -2.21. The monoisotopic (exact) mass is 383 g/mol. The smallest absolute Gasteiger partial charge is 0.416 e. The quantitative estimate of drug-likeness (QED) is 0.717. The van der Waals surface area contributed by atoms with Gasteiger partial charge in [0.15, 0.2) is 0 Å². The summed E-state index contributed by atoms with van der Waals surface area (Å²) in [5.41, 5.74) is 0.969. The van der Waals surface area contributed by atoms with E-state index in [4.69, 9.17) is 9.47 Å². The Morgan fingerprint density at radius 3 is 2.37 bits per heavy atom. The third-order valence-corrected chi connectivity index (χ3v) is 4.02. The van der Waals surface area contributed by atoms with Crippen LogP contribution < -0.4 is 4.74 Å². The van der Waals surface area contributed by atoms with E-state index in [1.54, 1.807) is 14.2 Å². The molecule has 0 aliphatic carbocycles. The van der Waals surface area contributed by atoms with Crippen LogP contribution in [-0.4, -0.2) is 43.4 Å². The maximum absolute atomic E-state index is 12.6. The normalized spacial score (nSPS) is 13.0. The van der Waals surface area contributed by atoms with Gasteiger partial charge in [-0.2, -0.15) is 13.2 Å². The molecule has 0 heterocycles. The van der Waals surface area contributed by atoms with Crippen molar-refractivity contribution in [3.05, 3.63) is 65.2 Å². The largest absolute Gasteiger partial charge is 0.496 e. The van der Waals surface area contributed by atoms with Gasteiger partial charge in [0.25, 0.3) is 0 Å². The summed E-state index contributed by atoms with van der Waals surface area (Å²) in [6, 6.07) is 12.5. The first-order chi connectivity index (χ1) is 12.8. The number of methoxy groups -OCH3 is 1. The summed E-state index contributed by atoms with van der Waals surface area (Å²) in [4.78, 5) is 1.83. The van der Waals surface area contributed by atoms with Crippen molar-refractivity contribution in [3.63, 3.8) is 0 Å². The van der Waals surface area contributed by atoms with Gasteiger partial charge >= 0.3 is 6.18 Å². The van der Waals surface area contributed by atoms with Crippen LogP contribution in [0.2, 0.25) is 0 Å². The summed E-state index contributed by atoms with van der Waals surface area (Å²) in [7, 11) is 3.38. The Hall–Kier alpha value is -2.09. The van der Waals surface area contributed by atoms with Gasteiger partial charge in [-0.3, -0.25) is 4.90 Å². The van der Waals surface area contributed by atoms with Gasteiger partial charge < -0.3 is 14.6 Å². The zero-order chi connectivity index (χ0) is 19.9. The number of aliphatic hydroxyl groups is 1. The van der Waals surface area contributed by atoms with E-state index in [2.05, 4.69) is 0 Å². The molecular formula is C20H24F3NO3. The lowest BCUT2D eigenvalue weighted by Crippen LogP contribution is -2.31. The van der Waals surface area contributed by atoms with Crippen molar-refractivity contribution in [2.75, 3.05) is 27.3 Å². The highest BCUT2D eigenvalue weighted by Gasteiger charge is 2.29. The second-order valence-corrected chi connectivity index (χ2v) is 6.37. The number of alkyl halides is 3. The molecule has 0 radical (unpaired) electrons. The van der Waals surface area contributed by atoms with Gasteiger partial charge in [-0.1, -0.05) is 30.3 Å². The molecule has 27 heavy (non-hydrogen) atoms. The molecule has 148 valence electrons. The molecule has 0 aliphatic rings. The van der Waals surface area contributed by atoms with Gasteiger partial charge in [-0.05, 0) is 30.8 Å². The average Bonchev–Trinajstić information content (AvgIpc) is 2.61. The number of ether oxygens (including phenoxy) is 2. The Balaban J connectivity index is 1.76. The number of likely N-dealkylation sites (N-methyl/N-ethyl adjacent to an activating group) is 1. The lowest BCUT2D eigenvalue weighted by molar-refractivity contribution is -0.137. The molecule has 0 fully saturated rings. The number of aliphatic hydroxyl groups excluding tert-OH is 1. The third kappa shape index (κ3) is 6.86. The standard InChI is InChI=1S/C20H24F3NO3/c1-24(11-15-7-9-17(10-8-15)20(21,22)23)12-18(25)14-27-13-16-5-3-4-6-19(16)26-2/h3-10,18,25H,11-14H2,1-2H3. The number of nitrogens with zero attached hydrogens (tertiary/aromatic N) is 1. The molecule has 0 aliphatic heterocycles. The van der Waals surface area contributed by atoms with Crippen molar-refractivity contribution in [1.29, 1.82) is 0 Å². The Morgan fingerprint density at radius 1 is 1.07 bits per heavy atom. The van der Waals surface area contributed by atoms with Crippen LogP contribution in [-0.2, 0) is 24.1 Å². The van der Waals surface area contributed by atoms with E-state index in [1.807, 2.05) is 29.2 Å². The van der Waals surface area contributed by atoms with Crippen LogP contribution in [0.15, 0.2) is 48.5 Å². The van der Waals surface area contributed by atoms with Gasteiger partial charge in [-0.15, -0.1) is 0 Å². The SMILES string of the molecule is COc1ccccc1COCC(O)CN(C)Cc1ccc(C(F)(F)F)cc1. The van der Waals surface area contributed by atoms with E-state index in [0.29, 0.717) is 19.7 Å². The minimum absolute atomic E-state index is 0.148. The third-order valence-electron chi connectivity index (χ3n) is 4.02. The number of hydrogen-bond acceptors (Lipinski definition) is 4. The van der Waals surface area contributed by atoms with Gasteiger partial charge in [0.2, 0.25) is 0 Å². The van der Waals surface area contributed by atoms with E-state index in [1.165, 1.54) is 12.1 Å². The maximum Gasteiger partial charge on any atom is 0.416 e. The molecule has 0 spiro atoms. The molecule has 0 saturated carbocycles. The van der Waals surface area contributed by atoms with Crippen LogP contribution in [0, 0.1) is 0 Å². The number of hydrogen-bond donors (Lipinski definition) is 1. The molecule has 2 rings (SSSR count). The lowest BCUT2D eigenvalue weighted by atomic mass is 10.1. The van der Waals surface area contributed by atoms with Gasteiger partial charge in [0.05, 0.1) is 32.0 Å². The minimum atomic E-state index is -4.33. The van der Waals surface area contributed by atoms with Crippen molar-refractivity contribution in [2.24, 2.45) is 0 Å². The van der Waals surface area contributed by atoms with E-state index >= 15 is 0 Å². The topological polar surface area (TPSA) is 41.9 Å². The predicted octanol–water partition coefficient (Wildman–Crippen LogP) is 3.72. The van der Waals surface area contributed by atoms with Crippen LogP contribution >= 0.6 is 0 Å². The van der Waals surface area contributed by atoms with Crippen molar-refractivity contribution in [3.8, 4) is 5.75 Å². The van der Waals surface area contributed by atoms with Crippen LogP contribution in [0.25, 0.3) is 0 Å². The van der Waals surface area contributed by atoms with Gasteiger partial charge in [-0.25, -0.2) is 0 Å². The van der Waals surface area contributed by atoms with Crippen molar-refractivity contribution < 1.29 is 27.8 Å². The zero-order valence-electron chi connectivity index (χ0n) is 15.4. The fourth-order valence-electron chi connectivity index (χ4n) is 2.71. The van der Waals surface area contributed by atoms with E-state index in [9.17, 15) is 18.3 Å². The van der Waals surface area contributed by atoms with E-state index < -0.39 is 17.8 Å². The summed E-state index contributed by atoms with van der Waals surface area (Å²) in [6.45, 7) is 1.24. The Labute approximate surface area is 157 Å². The first-order valence-corrected chi connectivity index (χ1v) is 8.52. The average molecular weight is 383 g/mol. The van der Waals surface area contributed by atoms with Crippen LogP contribution in [0.3, 0.4) is 0 Å². The van der Waals surface area contributed by atoms with E-state index in [-0.39, 0.29) is 6.61 Å². The highest BCUT2D eigenvalue weighted by Crippen LogP contribution is 2.29. The molecule has 1 unspecified atom stereocenters. The molecule has 2 aromatic rings. The molecule has 0 bridgehead atoms. The fraction of sp³-hybridized carbons (Fsp3) is 0.400. The molecule has 2 aromatic carbocycles. The summed E-state index contributed by atoms with van der Waals surface area (Å²) >= 11 is 0. The molecule has 4 nitrogen and oxygen atoms in total. The molecule has 7 heteroatoms. The molecule has 1 N–H and O–H groups in total. The summed E-state index contributed by atoms with van der Waals surface area (Å²) in [5, 5.41) is 10.1. The highest BCUT2D eigenvalue weighted by molar-refractivity contribution is 5.32. The summed E-state index contributed by atoms with van der Waals surface area (Å²) in [5.74, 6) is 0.728. The second-order valence-electron chi connectivity index (χ2n) is 6.37. The first kappa shape index (κ1) is 21.2. The van der Waals surface area contributed by atoms with Crippen LogP contribution in [0.5, 0.6) is 5.75 Å². The zero-order valence-corrected chi connectivity index (χ0v) is 15.4. The number of rotatable bonds is 9. The minimum Gasteiger partial charge on any atom is -0.496 e. The number of halogens is 3. The number of para-hydroxylation sites is 1. The van der Waals surface area contributed by atoms with Crippen LogP contribution in [0.1, 0.15) is 16.7 Å². The predicted molar refractivity (Wildman–Crippen MR) is 96.4 cm³/mol. The van der Waals surface area contributed by atoms with Crippen molar-refractivity contribution in [2.45, 2.75) is 25.4 Å². The molecule has 0 amide bonds. The maximum atomic E-state index is 12.6. The first-order valence-electron chi connectivity index (χ1n) is 8.52. The highest BCUT2D eigenvalue weighted by atomic mass is 19.4.